The normalized spacial score (nSPS) is 10.6. The number of rotatable bonds is 4. The van der Waals surface area contributed by atoms with E-state index in [0.717, 1.165) is 10.8 Å². The number of benzene rings is 4. The predicted octanol–water partition coefficient (Wildman–Crippen LogP) is 4.64. The van der Waals surface area contributed by atoms with Crippen LogP contribution in [0.25, 0.3) is 21.5 Å². The summed E-state index contributed by atoms with van der Waals surface area (Å²) in [5, 5.41) is 7.35. The minimum atomic E-state index is -0.929. The summed E-state index contributed by atoms with van der Waals surface area (Å²) >= 11 is 0. The van der Waals surface area contributed by atoms with E-state index in [9.17, 15) is 18.8 Å². The molecule has 0 saturated heterocycles. The number of amides is 3. The van der Waals surface area contributed by atoms with Gasteiger partial charge in [-0.05, 0) is 39.7 Å². The van der Waals surface area contributed by atoms with Crippen molar-refractivity contribution in [3.63, 3.8) is 0 Å². The Kier molecular flexibility index (Phi) is 5.57. The third-order valence-electron chi connectivity index (χ3n) is 4.68. The average Bonchev–Trinajstić information content (AvgIpc) is 2.77. The van der Waals surface area contributed by atoms with Crippen molar-refractivity contribution in [2.45, 2.75) is 0 Å². The average molecular weight is 416 g/mol. The molecule has 4 aromatic carbocycles. The van der Waals surface area contributed by atoms with Crippen LogP contribution in [-0.2, 0) is 9.53 Å². The number of urea groups is 1. The first kappa shape index (κ1) is 20.0. The Labute approximate surface area is 176 Å². The van der Waals surface area contributed by atoms with E-state index in [4.69, 9.17) is 4.74 Å². The van der Waals surface area contributed by atoms with Crippen molar-refractivity contribution < 1.29 is 23.5 Å². The summed E-state index contributed by atoms with van der Waals surface area (Å²) in [6, 6.07) is 21.3. The molecule has 0 atom stereocenters. The van der Waals surface area contributed by atoms with Crippen LogP contribution in [0, 0.1) is 5.82 Å². The van der Waals surface area contributed by atoms with Gasteiger partial charge in [-0.3, -0.25) is 10.1 Å². The quantitative estimate of drug-likeness (QED) is 0.375. The van der Waals surface area contributed by atoms with Crippen LogP contribution in [0.4, 0.5) is 14.9 Å². The number of carbonyl (C=O) groups excluding carboxylic acids is 3. The number of hydrogen-bond donors (Lipinski definition) is 2. The molecule has 3 amide bonds. The Balaban J connectivity index is 1.47. The molecule has 4 aromatic rings. The zero-order valence-electron chi connectivity index (χ0n) is 16.2. The van der Waals surface area contributed by atoms with Crippen LogP contribution in [0.3, 0.4) is 0 Å². The van der Waals surface area contributed by atoms with Crippen molar-refractivity contribution in [3.8, 4) is 0 Å². The van der Waals surface area contributed by atoms with Crippen molar-refractivity contribution >= 4 is 45.1 Å². The highest BCUT2D eigenvalue weighted by atomic mass is 19.1. The zero-order chi connectivity index (χ0) is 21.8. The van der Waals surface area contributed by atoms with E-state index in [1.165, 1.54) is 24.3 Å². The summed E-state index contributed by atoms with van der Waals surface area (Å²) in [6.45, 7) is -0.666. The molecule has 0 aliphatic carbocycles. The number of imide groups is 1. The molecule has 0 bridgehead atoms. The van der Waals surface area contributed by atoms with Gasteiger partial charge in [0.05, 0.1) is 11.3 Å². The molecule has 154 valence electrons. The smallest absolute Gasteiger partial charge is 0.339 e. The number of fused-ring (bicyclic) bond motifs is 2. The van der Waals surface area contributed by atoms with Crippen molar-refractivity contribution in [3.05, 3.63) is 90.2 Å². The van der Waals surface area contributed by atoms with Crippen LogP contribution in [0.15, 0.2) is 78.9 Å². The van der Waals surface area contributed by atoms with E-state index in [1.807, 2.05) is 47.8 Å². The molecule has 0 aromatic heterocycles. The minimum absolute atomic E-state index is 0.0768. The Morgan fingerprint density at radius 2 is 1.39 bits per heavy atom. The Hall–Kier alpha value is -4.26. The molecule has 0 fully saturated rings. The second-order valence-electron chi connectivity index (χ2n) is 6.75. The molecule has 0 radical (unpaired) electrons. The van der Waals surface area contributed by atoms with Gasteiger partial charge in [-0.25, -0.2) is 14.0 Å². The first-order chi connectivity index (χ1) is 15.0. The third-order valence-corrected chi connectivity index (χ3v) is 4.68. The maximum Gasteiger partial charge on any atom is 0.339 e. The number of para-hydroxylation sites is 1. The van der Waals surface area contributed by atoms with E-state index >= 15 is 0 Å². The molecule has 0 aliphatic rings. The van der Waals surface area contributed by atoms with Crippen LogP contribution in [-0.4, -0.2) is 24.5 Å². The number of esters is 1. The molecule has 6 nitrogen and oxygen atoms in total. The van der Waals surface area contributed by atoms with E-state index < -0.39 is 30.3 Å². The van der Waals surface area contributed by atoms with Gasteiger partial charge in [-0.2, -0.15) is 0 Å². The summed E-state index contributed by atoms with van der Waals surface area (Å²) in [4.78, 5) is 36.8. The van der Waals surface area contributed by atoms with Crippen molar-refractivity contribution in [2.24, 2.45) is 0 Å². The molecule has 0 heterocycles. The Morgan fingerprint density at radius 3 is 2.03 bits per heavy atom. The Bertz CT molecular complexity index is 1270. The van der Waals surface area contributed by atoms with Crippen LogP contribution in [0.2, 0.25) is 0 Å². The maximum atomic E-state index is 13.6. The van der Waals surface area contributed by atoms with Gasteiger partial charge in [0.15, 0.2) is 6.61 Å². The van der Waals surface area contributed by atoms with Gasteiger partial charge in [-0.1, -0.05) is 60.7 Å². The van der Waals surface area contributed by atoms with Crippen molar-refractivity contribution in [1.82, 2.24) is 5.32 Å². The second-order valence-corrected chi connectivity index (χ2v) is 6.75. The fourth-order valence-electron chi connectivity index (χ4n) is 3.32. The number of carbonyl (C=O) groups is 3. The summed E-state index contributed by atoms with van der Waals surface area (Å²) in [5.41, 5.74) is 0.268. The molecular weight excluding hydrogens is 399 g/mol. The monoisotopic (exact) mass is 416 g/mol. The molecule has 0 unspecified atom stereocenters. The van der Waals surface area contributed by atoms with Gasteiger partial charge in [-0.15, -0.1) is 0 Å². The molecular formula is C24H17FN2O4. The lowest BCUT2D eigenvalue weighted by Gasteiger charge is -2.11. The number of ether oxygens (including phenoxy) is 1. The summed E-state index contributed by atoms with van der Waals surface area (Å²) in [7, 11) is 0. The van der Waals surface area contributed by atoms with E-state index in [1.54, 1.807) is 12.1 Å². The van der Waals surface area contributed by atoms with E-state index in [2.05, 4.69) is 5.32 Å². The molecule has 0 saturated carbocycles. The highest BCUT2D eigenvalue weighted by molar-refractivity contribution is 6.16. The standard InChI is InChI=1S/C24H17FN2O4/c25-19-11-5-6-12-20(19)26-24(30)27-21(28)14-31-23(29)22-17-9-3-1-7-15(17)13-16-8-2-4-10-18(16)22/h1-13H,14H2,(H2,26,27,28,30). The maximum absolute atomic E-state index is 13.6. The minimum Gasteiger partial charge on any atom is -0.452 e. The van der Waals surface area contributed by atoms with E-state index in [-0.39, 0.29) is 5.69 Å². The van der Waals surface area contributed by atoms with Crippen LogP contribution in [0.5, 0.6) is 0 Å². The lowest BCUT2D eigenvalue weighted by Crippen LogP contribution is -2.37. The molecule has 4 rings (SSSR count). The second kappa shape index (κ2) is 8.62. The summed E-state index contributed by atoms with van der Waals surface area (Å²) in [6.07, 6.45) is 0. The molecule has 2 N–H and O–H groups in total. The molecule has 0 spiro atoms. The topological polar surface area (TPSA) is 84.5 Å². The number of anilines is 1. The SMILES string of the molecule is O=C(COC(=O)c1c2ccccc2cc2ccccc12)NC(=O)Nc1ccccc1F. The third kappa shape index (κ3) is 4.35. The Morgan fingerprint density at radius 1 is 0.806 bits per heavy atom. The lowest BCUT2D eigenvalue weighted by atomic mass is 9.97. The first-order valence-electron chi connectivity index (χ1n) is 9.46. The zero-order valence-corrected chi connectivity index (χ0v) is 16.2. The summed E-state index contributed by atoms with van der Waals surface area (Å²) < 4.78 is 18.8. The van der Waals surface area contributed by atoms with Gasteiger partial charge < -0.3 is 10.1 Å². The van der Waals surface area contributed by atoms with Crippen LogP contribution < -0.4 is 10.6 Å². The van der Waals surface area contributed by atoms with Gasteiger partial charge in [0.2, 0.25) is 0 Å². The van der Waals surface area contributed by atoms with Crippen LogP contribution in [0.1, 0.15) is 10.4 Å². The van der Waals surface area contributed by atoms with Crippen LogP contribution >= 0.6 is 0 Å². The van der Waals surface area contributed by atoms with Gasteiger partial charge in [0, 0.05) is 0 Å². The lowest BCUT2D eigenvalue weighted by molar-refractivity contribution is -0.123. The first-order valence-corrected chi connectivity index (χ1v) is 9.46. The van der Waals surface area contributed by atoms with E-state index in [0.29, 0.717) is 16.3 Å². The number of nitrogens with one attached hydrogen (secondary N) is 2. The predicted molar refractivity (Wildman–Crippen MR) is 115 cm³/mol. The number of hydrogen-bond acceptors (Lipinski definition) is 4. The fourth-order valence-corrected chi connectivity index (χ4v) is 3.32. The largest absolute Gasteiger partial charge is 0.452 e. The van der Waals surface area contributed by atoms with Gasteiger partial charge in [0.1, 0.15) is 5.82 Å². The molecule has 7 heteroatoms. The fraction of sp³-hybridized carbons (Fsp3) is 0.0417. The molecule has 31 heavy (non-hydrogen) atoms. The highest BCUT2D eigenvalue weighted by Crippen LogP contribution is 2.29. The summed E-state index contributed by atoms with van der Waals surface area (Å²) in [5.74, 6) is -2.16. The van der Waals surface area contributed by atoms with Gasteiger partial charge in [0.25, 0.3) is 5.91 Å². The van der Waals surface area contributed by atoms with Crippen molar-refractivity contribution in [1.29, 1.82) is 0 Å². The van der Waals surface area contributed by atoms with Crippen molar-refractivity contribution in [2.75, 3.05) is 11.9 Å². The molecule has 0 aliphatic heterocycles. The number of halogens is 1. The highest BCUT2D eigenvalue weighted by Gasteiger charge is 2.18. The van der Waals surface area contributed by atoms with Gasteiger partial charge >= 0.3 is 12.0 Å².